The Morgan fingerprint density at radius 1 is 0.750 bits per heavy atom. The van der Waals surface area contributed by atoms with Crippen LogP contribution in [0.15, 0.2) is 78.9 Å². The Kier molecular flexibility index (Phi) is 12.5. The monoisotopic (exact) mass is 596 g/mol. The number of hydrogen-bond donors (Lipinski definition) is 0. The second kappa shape index (κ2) is 16.9. The maximum atomic E-state index is 12.9. The largest absolute Gasteiger partial charge is 0.459 e. The summed E-state index contributed by atoms with van der Waals surface area (Å²) in [5.41, 5.74) is 5.31. The van der Waals surface area contributed by atoms with Gasteiger partial charge in [-0.25, -0.2) is 14.6 Å². The molecule has 0 aliphatic heterocycles. The molecule has 0 spiro atoms. The Bertz CT molecular complexity index is 1240. The summed E-state index contributed by atoms with van der Waals surface area (Å²) in [6, 6.07) is 26.6. The molecule has 0 heterocycles. The van der Waals surface area contributed by atoms with Crippen LogP contribution in [0.4, 0.5) is 0 Å². The lowest BCUT2D eigenvalue weighted by Crippen LogP contribution is -2.16. The Morgan fingerprint density at radius 3 is 2.00 bits per heavy atom. The molecule has 3 aromatic carbocycles. The predicted molar refractivity (Wildman–Crippen MR) is 177 cm³/mol. The fraction of sp³-hybridized carbons (Fsp3) is 0.525. The molecule has 0 aromatic heterocycles. The summed E-state index contributed by atoms with van der Waals surface area (Å²) in [7, 11) is 0. The van der Waals surface area contributed by atoms with E-state index in [1.54, 1.807) is 0 Å². The fourth-order valence-corrected chi connectivity index (χ4v) is 7.10. The van der Waals surface area contributed by atoms with E-state index >= 15 is 0 Å². The van der Waals surface area contributed by atoms with Crippen LogP contribution in [0.3, 0.4) is 0 Å². The molecule has 4 heteroatoms. The van der Waals surface area contributed by atoms with Crippen molar-refractivity contribution in [1.29, 1.82) is 0 Å². The third-order valence-electron chi connectivity index (χ3n) is 10.1. The van der Waals surface area contributed by atoms with Gasteiger partial charge >= 0.3 is 5.97 Å². The van der Waals surface area contributed by atoms with Crippen molar-refractivity contribution in [3.8, 4) is 0 Å². The van der Waals surface area contributed by atoms with Crippen molar-refractivity contribution in [3.63, 3.8) is 0 Å². The van der Waals surface area contributed by atoms with E-state index in [0.29, 0.717) is 24.0 Å². The number of benzene rings is 3. The van der Waals surface area contributed by atoms with Gasteiger partial charge in [0.25, 0.3) is 0 Å². The predicted octanol–water partition coefficient (Wildman–Crippen LogP) is 10.9. The summed E-state index contributed by atoms with van der Waals surface area (Å²) < 4.78 is 5.72. The Labute approximate surface area is 265 Å². The second-order valence-electron chi connectivity index (χ2n) is 13.4. The third-order valence-corrected chi connectivity index (χ3v) is 10.1. The minimum Gasteiger partial charge on any atom is -0.459 e. The SMILES string of the molecule is CCCCCC1CCC(c2ccc(COOC(COC(=O)c3ccc(C4CCC(C)CC4)cc3)c3ccccc3)cc2)CC1. The maximum Gasteiger partial charge on any atom is 0.338 e. The first kappa shape index (κ1) is 32.4. The maximum absolute atomic E-state index is 12.9. The number of esters is 1. The first-order valence-electron chi connectivity index (χ1n) is 17.3. The van der Waals surface area contributed by atoms with Crippen molar-refractivity contribution in [3.05, 3.63) is 107 Å². The summed E-state index contributed by atoms with van der Waals surface area (Å²) in [5, 5.41) is 0. The molecule has 1 atom stereocenters. The molecule has 2 saturated carbocycles. The second-order valence-corrected chi connectivity index (χ2v) is 13.4. The minimum atomic E-state index is -0.518. The van der Waals surface area contributed by atoms with Gasteiger partial charge in [0.05, 0.1) is 5.56 Å². The molecule has 0 N–H and O–H groups in total. The minimum absolute atomic E-state index is 0.0746. The van der Waals surface area contributed by atoms with Gasteiger partial charge in [-0.15, -0.1) is 0 Å². The average molecular weight is 597 g/mol. The normalized spacial score (nSPS) is 22.8. The number of carbonyl (C=O) groups is 1. The average Bonchev–Trinajstić information content (AvgIpc) is 3.08. The lowest BCUT2D eigenvalue weighted by Gasteiger charge is -2.29. The van der Waals surface area contributed by atoms with Crippen molar-refractivity contribution < 1.29 is 19.3 Å². The van der Waals surface area contributed by atoms with Gasteiger partial charge in [-0.2, -0.15) is 0 Å². The van der Waals surface area contributed by atoms with Crippen LogP contribution in [0.25, 0.3) is 0 Å². The van der Waals surface area contributed by atoms with Gasteiger partial charge in [-0.3, -0.25) is 0 Å². The van der Waals surface area contributed by atoms with E-state index in [2.05, 4.69) is 50.2 Å². The molecule has 5 rings (SSSR count). The molecule has 2 aliphatic rings. The van der Waals surface area contributed by atoms with Crippen molar-refractivity contribution in [2.24, 2.45) is 11.8 Å². The molecule has 236 valence electrons. The van der Waals surface area contributed by atoms with Crippen LogP contribution in [-0.2, 0) is 21.1 Å². The summed E-state index contributed by atoms with van der Waals surface area (Å²) in [6.07, 6.45) is 15.3. The molecule has 44 heavy (non-hydrogen) atoms. The third kappa shape index (κ3) is 9.52. The molecule has 0 bridgehead atoms. The first-order valence-corrected chi connectivity index (χ1v) is 17.3. The zero-order valence-corrected chi connectivity index (χ0v) is 26.9. The summed E-state index contributed by atoms with van der Waals surface area (Å²) >= 11 is 0. The van der Waals surface area contributed by atoms with Crippen LogP contribution < -0.4 is 0 Å². The Balaban J connectivity index is 1.09. The highest BCUT2D eigenvalue weighted by Gasteiger charge is 2.23. The van der Waals surface area contributed by atoms with Crippen LogP contribution in [0.5, 0.6) is 0 Å². The number of hydrogen-bond acceptors (Lipinski definition) is 4. The van der Waals surface area contributed by atoms with E-state index in [0.717, 1.165) is 23.0 Å². The summed E-state index contributed by atoms with van der Waals surface area (Å²) in [6.45, 7) is 5.04. The number of carbonyl (C=O) groups excluding carboxylic acids is 1. The summed E-state index contributed by atoms with van der Waals surface area (Å²) in [5.74, 6) is 2.68. The van der Waals surface area contributed by atoms with E-state index in [1.807, 2.05) is 42.5 Å². The molecule has 4 nitrogen and oxygen atoms in total. The summed E-state index contributed by atoms with van der Waals surface area (Å²) in [4.78, 5) is 24.5. The molecular formula is C40H52O4. The van der Waals surface area contributed by atoms with Crippen LogP contribution in [-0.4, -0.2) is 12.6 Å². The van der Waals surface area contributed by atoms with Gasteiger partial charge in [0.1, 0.15) is 13.2 Å². The highest BCUT2D eigenvalue weighted by Crippen LogP contribution is 2.38. The molecule has 2 aliphatic carbocycles. The Morgan fingerprint density at radius 2 is 1.36 bits per heavy atom. The molecule has 0 saturated heterocycles. The van der Waals surface area contributed by atoms with E-state index in [4.69, 9.17) is 14.5 Å². The number of rotatable bonds is 14. The highest BCUT2D eigenvalue weighted by atomic mass is 17.2. The zero-order chi connectivity index (χ0) is 30.6. The van der Waals surface area contributed by atoms with Crippen molar-refractivity contribution in [2.75, 3.05) is 6.61 Å². The first-order chi connectivity index (χ1) is 21.6. The quantitative estimate of drug-likeness (QED) is 0.0804. The molecule has 2 fully saturated rings. The van der Waals surface area contributed by atoms with Crippen LogP contribution in [0.1, 0.15) is 141 Å². The van der Waals surface area contributed by atoms with E-state index in [1.165, 1.54) is 88.2 Å². The topological polar surface area (TPSA) is 44.8 Å². The van der Waals surface area contributed by atoms with Crippen LogP contribution in [0.2, 0.25) is 0 Å². The van der Waals surface area contributed by atoms with Crippen molar-refractivity contribution in [2.45, 2.75) is 115 Å². The van der Waals surface area contributed by atoms with Gasteiger partial charge in [0.2, 0.25) is 0 Å². The molecule has 0 amide bonds. The fourth-order valence-electron chi connectivity index (χ4n) is 7.10. The van der Waals surface area contributed by atoms with Gasteiger partial charge in [0, 0.05) is 0 Å². The molecular weight excluding hydrogens is 544 g/mol. The highest BCUT2D eigenvalue weighted by molar-refractivity contribution is 5.89. The Hall–Kier alpha value is -2.95. The van der Waals surface area contributed by atoms with Gasteiger partial charge in [-0.1, -0.05) is 119 Å². The van der Waals surface area contributed by atoms with Crippen LogP contribution in [0, 0.1) is 11.8 Å². The van der Waals surface area contributed by atoms with Crippen molar-refractivity contribution in [1.82, 2.24) is 0 Å². The number of ether oxygens (including phenoxy) is 1. The van der Waals surface area contributed by atoms with Crippen molar-refractivity contribution >= 4 is 5.97 Å². The van der Waals surface area contributed by atoms with E-state index < -0.39 is 6.10 Å². The standard InChI is InChI=1S/C40H52O4/c1-3-4-6-9-31-14-20-34(21-15-31)35-22-16-32(17-23-35)28-43-44-39(37-10-7-5-8-11-37)29-42-40(41)38-26-24-36(25-27-38)33-18-12-30(2)13-19-33/h5,7-8,10-11,16-17,22-27,30-31,33-34,39H,3-4,6,9,12-15,18-21,28-29H2,1-2H3. The molecule has 3 aromatic rings. The van der Waals surface area contributed by atoms with Gasteiger partial charge in [0.15, 0.2) is 6.10 Å². The number of unbranched alkanes of at least 4 members (excludes halogenated alkanes) is 2. The lowest BCUT2D eigenvalue weighted by atomic mass is 9.77. The smallest absolute Gasteiger partial charge is 0.338 e. The van der Waals surface area contributed by atoms with Crippen LogP contribution >= 0.6 is 0 Å². The van der Waals surface area contributed by atoms with E-state index in [-0.39, 0.29) is 12.6 Å². The lowest BCUT2D eigenvalue weighted by molar-refractivity contribution is -0.340. The molecule has 0 radical (unpaired) electrons. The van der Waals surface area contributed by atoms with E-state index in [9.17, 15) is 4.79 Å². The molecule has 1 unspecified atom stereocenters. The zero-order valence-electron chi connectivity index (χ0n) is 26.9. The van der Waals surface area contributed by atoms with Gasteiger partial charge < -0.3 is 4.74 Å². The van der Waals surface area contributed by atoms with Gasteiger partial charge in [-0.05, 0) is 96.6 Å².